The quantitative estimate of drug-likeness (QED) is 0.817. The molecule has 1 aromatic carbocycles. The van der Waals surface area contributed by atoms with E-state index in [9.17, 15) is 4.79 Å². The molecule has 0 aliphatic carbocycles. The number of nitrogen functional groups attached to an aromatic ring is 1. The molecular formula is C12H12N2O2. The summed E-state index contributed by atoms with van der Waals surface area (Å²) in [6.45, 7) is 0.355. The Kier molecular flexibility index (Phi) is 2.91. The fourth-order valence-corrected chi connectivity index (χ4v) is 1.32. The minimum atomic E-state index is -0.283. The molecule has 4 heteroatoms. The number of hydrogen-bond donors (Lipinski definition) is 2. The van der Waals surface area contributed by atoms with Crippen molar-refractivity contribution >= 4 is 5.69 Å². The van der Waals surface area contributed by atoms with Crippen LogP contribution in [0, 0.1) is 0 Å². The average Bonchev–Trinajstić information content (AvgIpc) is 2.32. The lowest BCUT2D eigenvalue weighted by atomic mass is 10.2. The van der Waals surface area contributed by atoms with E-state index in [1.165, 1.54) is 12.4 Å². The van der Waals surface area contributed by atoms with Crippen LogP contribution >= 0.6 is 0 Å². The Balaban J connectivity index is 2.11. The van der Waals surface area contributed by atoms with E-state index >= 15 is 0 Å². The standard InChI is InChI=1S/C12H12N2O2/c13-10-6-14-7-11(12(10)15)16-8-9-4-2-1-3-5-9/h1-7H,8,13H2,(H,14,15). The van der Waals surface area contributed by atoms with Gasteiger partial charge in [-0.2, -0.15) is 0 Å². The van der Waals surface area contributed by atoms with Gasteiger partial charge in [-0.15, -0.1) is 0 Å². The highest BCUT2D eigenvalue weighted by atomic mass is 16.5. The van der Waals surface area contributed by atoms with Gasteiger partial charge in [-0.1, -0.05) is 30.3 Å². The summed E-state index contributed by atoms with van der Waals surface area (Å²) < 4.78 is 5.38. The number of rotatable bonds is 3. The summed E-state index contributed by atoms with van der Waals surface area (Å²) in [4.78, 5) is 14.3. The number of nitrogens with one attached hydrogen (secondary N) is 1. The molecular weight excluding hydrogens is 204 g/mol. The van der Waals surface area contributed by atoms with Crippen molar-refractivity contribution in [1.82, 2.24) is 4.98 Å². The van der Waals surface area contributed by atoms with E-state index < -0.39 is 0 Å². The molecule has 1 heterocycles. The van der Waals surface area contributed by atoms with Gasteiger partial charge in [0.2, 0.25) is 5.43 Å². The number of H-pyrrole nitrogens is 1. The third-order valence-electron chi connectivity index (χ3n) is 2.18. The van der Waals surface area contributed by atoms with Gasteiger partial charge < -0.3 is 15.5 Å². The Labute approximate surface area is 92.7 Å². The fraction of sp³-hybridized carbons (Fsp3) is 0.0833. The molecule has 2 rings (SSSR count). The predicted molar refractivity (Wildman–Crippen MR) is 62.2 cm³/mol. The van der Waals surface area contributed by atoms with Crippen molar-refractivity contribution in [2.45, 2.75) is 6.61 Å². The third-order valence-corrected chi connectivity index (χ3v) is 2.18. The molecule has 0 bridgehead atoms. The van der Waals surface area contributed by atoms with E-state index in [0.29, 0.717) is 6.61 Å². The van der Waals surface area contributed by atoms with E-state index in [1.54, 1.807) is 0 Å². The molecule has 4 nitrogen and oxygen atoms in total. The second kappa shape index (κ2) is 4.53. The minimum Gasteiger partial charge on any atom is -0.483 e. The van der Waals surface area contributed by atoms with Crippen molar-refractivity contribution in [1.29, 1.82) is 0 Å². The summed E-state index contributed by atoms with van der Waals surface area (Å²) in [5.74, 6) is 0.240. The van der Waals surface area contributed by atoms with Crippen molar-refractivity contribution in [3.8, 4) is 5.75 Å². The Morgan fingerprint density at radius 3 is 2.69 bits per heavy atom. The summed E-state index contributed by atoms with van der Waals surface area (Å²) >= 11 is 0. The molecule has 0 radical (unpaired) electrons. The Morgan fingerprint density at radius 2 is 1.94 bits per heavy atom. The number of benzene rings is 1. The zero-order valence-electron chi connectivity index (χ0n) is 8.64. The lowest BCUT2D eigenvalue weighted by Crippen LogP contribution is -2.12. The molecule has 0 aliphatic rings. The highest BCUT2D eigenvalue weighted by molar-refractivity contribution is 5.40. The van der Waals surface area contributed by atoms with E-state index in [2.05, 4.69) is 4.98 Å². The van der Waals surface area contributed by atoms with Gasteiger partial charge in [0.05, 0.1) is 5.69 Å². The van der Waals surface area contributed by atoms with Gasteiger partial charge in [-0.05, 0) is 5.56 Å². The molecule has 0 atom stereocenters. The topological polar surface area (TPSA) is 68.1 Å². The summed E-state index contributed by atoms with van der Waals surface area (Å²) in [5, 5.41) is 0. The molecule has 0 saturated carbocycles. The predicted octanol–water partition coefficient (Wildman–Crippen LogP) is 1.54. The summed E-state index contributed by atoms with van der Waals surface area (Å²) in [6.07, 6.45) is 2.94. The number of aromatic amines is 1. The second-order valence-corrected chi connectivity index (χ2v) is 3.38. The monoisotopic (exact) mass is 216 g/mol. The molecule has 16 heavy (non-hydrogen) atoms. The molecule has 0 saturated heterocycles. The van der Waals surface area contributed by atoms with Crippen molar-refractivity contribution < 1.29 is 4.74 Å². The Morgan fingerprint density at radius 1 is 1.19 bits per heavy atom. The van der Waals surface area contributed by atoms with Crippen LogP contribution in [0.15, 0.2) is 47.5 Å². The molecule has 0 fully saturated rings. The van der Waals surface area contributed by atoms with Crippen LogP contribution < -0.4 is 15.9 Å². The van der Waals surface area contributed by atoms with Crippen LogP contribution in [0.25, 0.3) is 0 Å². The van der Waals surface area contributed by atoms with Gasteiger partial charge in [-0.3, -0.25) is 4.79 Å². The Bertz CT molecular complexity index is 520. The van der Waals surface area contributed by atoms with Crippen LogP contribution in [-0.2, 0) is 6.61 Å². The third kappa shape index (κ3) is 2.23. The SMILES string of the molecule is Nc1c[nH]cc(OCc2ccccc2)c1=O. The summed E-state index contributed by atoms with van der Waals surface area (Å²) in [5.41, 5.74) is 6.35. The van der Waals surface area contributed by atoms with Gasteiger partial charge in [0.1, 0.15) is 6.61 Å². The molecule has 0 spiro atoms. The highest BCUT2D eigenvalue weighted by Gasteiger charge is 2.03. The van der Waals surface area contributed by atoms with Crippen molar-refractivity contribution in [3.05, 3.63) is 58.5 Å². The van der Waals surface area contributed by atoms with Gasteiger partial charge >= 0.3 is 0 Å². The normalized spacial score (nSPS) is 10.0. The van der Waals surface area contributed by atoms with Crippen molar-refractivity contribution in [3.63, 3.8) is 0 Å². The highest BCUT2D eigenvalue weighted by Crippen LogP contribution is 2.07. The number of aromatic nitrogens is 1. The largest absolute Gasteiger partial charge is 0.483 e. The first kappa shape index (κ1) is 10.3. The van der Waals surface area contributed by atoms with E-state index in [1.807, 2.05) is 30.3 Å². The number of nitrogens with two attached hydrogens (primary N) is 1. The van der Waals surface area contributed by atoms with Crippen LogP contribution in [0.1, 0.15) is 5.56 Å². The lowest BCUT2D eigenvalue weighted by Gasteiger charge is -2.05. The van der Waals surface area contributed by atoms with Gasteiger partial charge in [0.15, 0.2) is 5.75 Å². The van der Waals surface area contributed by atoms with Gasteiger partial charge in [0, 0.05) is 12.4 Å². The molecule has 0 aliphatic heterocycles. The molecule has 82 valence electrons. The maximum atomic E-state index is 11.5. The van der Waals surface area contributed by atoms with Crippen LogP contribution in [0.2, 0.25) is 0 Å². The maximum absolute atomic E-state index is 11.5. The number of ether oxygens (including phenoxy) is 1. The first-order valence-corrected chi connectivity index (χ1v) is 4.90. The van der Waals surface area contributed by atoms with E-state index in [-0.39, 0.29) is 16.9 Å². The summed E-state index contributed by atoms with van der Waals surface area (Å²) in [6, 6.07) is 9.63. The molecule has 2 aromatic rings. The maximum Gasteiger partial charge on any atom is 0.246 e. The fourth-order valence-electron chi connectivity index (χ4n) is 1.32. The molecule has 3 N–H and O–H groups in total. The van der Waals surface area contributed by atoms with Crippen LogP contribution in [0.5, 0.6) is 5.75 Å². The first-order valence-electron chi connectivity index (χ1n) is 4.90. The van der Waals surface area contributed by atoms with Gasteiger partial charge in [-0.25, -0.2) is 0 Å². The van der Waals surface area contributed by atoms with E-state index in [0.717, 1.165) is 5.56 Å². The number of hydrogen-bond acceptors (Lipinski definition) is 3. The van der Waals surface area contributed by atoms with Crippen LogP contribution in [-0.4, -0.2) is 4.98 Å². The zero-order chi connectivity index (χ0) is 11.4. The van der Waals surface area contributed by atoms with Crippen LogP contribution in [0.3, 0.4) is 0 Å². The smallest absolute Gasteiger partial charge is 0.246 e. The minimum absolute atomic E-state index is 0.158. The zero-order valence-corrected chi connectivity index (χ0v) is 8.64. The molecule has 0 unspecified atom stereocenters. The Hall–Kier alpha value is -2.23. The van der Waals surface area contributed by atoms with Crippen molar-refractivity contribution in [2.24, 2.45) is 0 Å². The molecule has 0 amide bonds. The number of pyridine rings is 1. The second-order valence-electron chi connectivity index (χ2n) is 3.38. The molecule has 1 aromatic heterocycles. The van der Waals surface area contributed by atoms with Crippen molar-refractivity contribution in [2.75, 3.05) is 5.73 Å². The number of anilines is 1. The van der Waals surface area contributed by atoms with Crippen LogP contribution in [0.4, 0.5) is 5.69 Å². The van der Waals surface area contributed by atoms with E-state index in [4.69, 9.17) is 10.5 Å². The van der Waals surface area contributed by atoms with Gasteiger partial charge in [0.25, 0.3) is 0 Å². The lowest BCUT2D eigenvalue weighted by molar-refractivity contribution is 0.302. The summed E-state index contributed by atoms with van der Waals surface area (Å²) in [7, 11) is 0. The first-order chi connectivity index (χ1) is 7.77. The average molecular weight is 216 g/mol.